The summed E-state index contributed by atoms with van der Waals surface area (Å²) in [6, 6.07) is -5.42. The molecule has 16 nitrogen and oxygen atoms in total. The van der Waals surface area contributed by atoms with Gasteiger partial charge in [0.15, 0.2) is 5.96 Å². The number of aliphatic hydroxyl groups excluding tert-OH is 1. The lowest BCUT2D eigenvalue weighted by molar-refractivity contribution is -0.137. The summed E-state index contributed by atoms with van der Waals surface area (Å²) >= 11 is 0. The Morgan fingerprint density at radius 2 is 1.13 bits per heavy atom. The lowest BCUT2D eigenvalue weighted by Gasteiger charge is -2.30. The summed E-state index contributed by atoms with van der Waals surface area (Å²) in [4.78, 5) is 81.8. The van der Waals surface area contributed by atoms with E-state index in [0.717, 1.165) is 0 Å². The zero-order valence-electron chi connectivity index (χ0n) is 29.3. The Hall–Kier alpha value is -3.95. The number of nitrogens with zero attached hydrogens (tertiary/aromatic N) is 1. The van der Waals surface area contributed by atoms with E-state index in [9.17, 15) is 33.9 Å². The lowest BCUT2D eigenvalue weighted by Crippen LogP contribution is -2.62. The van der Waals surface area contributed by atoms with Gasteiger partial charge in [-0.1, -0.05) is 53.9 Å². The van der Waals surface area contributed by atoms with Crippen LogP contribution in [-0.2, 0) is 28.8 Å². The first-order chi connectivity index (χ1) is 22.0. The second-order valence-corrected chi connectivity index (χ2v) is 11.9. The highest BCUT2D eigenvalue weighted by atomic mass is 16.3. The number of hydrogen-bond donors (Lipinski definition) is 9. The van der Waals surface area contributed by atoms with Crippen molar-refractivity contribution in [1.29, 1.82) is 0 Å². The molecule has 0 aliphatic carbocycles. The van der Waals surface area contributed by atoms with Crippen LogP contribution in [0.3, 0.4) is 0 Å². The van der Waals surface area contributed by atoms with Gasteiger partial charge in [0.1, 0.15) is 30.2 Å². The van der Waals surface area contributed by atoms with Gasteiger partial charge in [-0.2, -0.15) is 0 Å². The van der Waals surface area contributed by atoms with Crippen molar-refractivity contribution in [3.63, 3.8) is 0 Å². The third kappa shape index (κ3) is 15.9. The van der Waals surface area contributed by atoms with Crippen molar-refractivity contribution in [3.05, 3.63) is 0 Å². The summed E-state index contributed by atoms with van der Waals surface area (Å²) < 4.78 is 0. The van der Waals surface area contributed by atoms with Crippen LogP contribution in [0.4, 0.5) is 0 Å². The van der Waals surface area contributed by atoms with Gasteiger partial charge in [0.2, 0.25) is 35.4 Å². The number of rotatable bonds is 22. The quantitative estimate of drug-likeness (QED) is 0.0384. The molecule has 0 aromatic rings. The Morgan fingerprint density at radius 3 is 1.57 bits per heavy atom. The SMILES string of the molecule is CCC[C@H](NC(=O)[C@@H](NC(=O)[C@H](NC(C)=O)[C@@H](C)CC)[C@@H](C)O)C(=O)N[C@H](C(=O)N[C@@H](CCCN=C(N)N)C(=O)NCC)[C@@H](C)CC. The molecule has 11 N–H and O–H groups in total. The van der Waals surface area contributed by atoms with Crippen molar-refractivity contribution in [3.8, 4) is 0 Å². The van der Waals surface area contributed by atoms with E-state index in [2.05, 4.69) is 36.9 Å². The monoisotopic (exact) mass is 669 g/mol. The molecule has 0 radical (unpaired) electrons. The van der Waals surface area contributed by atoms with Crippen molar-refractivity contribution >= 4 is 41.4 Å². The van der Waals surface area contributed by atoms with E-state index in [0.29, 0.717) is 32.2 Å². The Labute approximate surface area is 278 Å². The van der Waals surface area contributed by atoms with Gasteiger partial charge in [-0.3, -0.25) is 33.8 Å². The van der Waals surface area contributed by atoms with Gasteiger partial charge in [-0.25, -0.2) is 0 Å². The van der Waals surface area contributed by atoms with E-state index < -0.39 is 71.8 Å². The number of likely N-dealkylation sites (N-methyl/N-ethyl adjacent to an activating group) is 1. The number of carbonyl (C=O) groups is 6. The average Bonchev–Trinajstić information content (AvgIpc) is 3.00. The van der Waals surface area contributed by atoms with Gasteiger partial charge in [-0.05, 0) is 44.9 Å². The molecule has 270 valence electrons. The van der Waals surface area contributed by atoms with Crippen LogP contribution in [0.2, 0.25) is 0 Å². The number of hydrogen-bond acceptors (Lipinski definition) is 8. The maximum Gasteiger partial charge on any atom is 0.245 e. The van der Waals surface area contributed by atoms with Crippen LogP contribution in [0.1, 0.15) is 93.9 Å². The van der Waals surface area contributed by atoms with Crippen molar-refractivity contribution < 1.29 is 33.9 Å². The molecule has 0 heterocycles. The lowest BCUT2D eigenvalue weighted by atomic mass is 9.96. The summed E-state index contributed by atoms with van der Waals surface area (Å²) in [5.74, 6) is -4.18. The molecule has 0 spiro atoms. The van der Waals surface area contributed by atoms with Crippen LogP contribution in [-0.4, -0.2) is 95.9 Å². The van der Waals surface area contributed by atoms with Gasteiger partial charge < -0.3 is 48.5 Å². The number of nitrogens with one attached hydrogen (secondary N) is 6. The van der Waals surface area contributed by atoms with E-state index in [1.165, 1.54) is 13.8 Å². The van der Waals surface area contributed by atoms with Crippen LogP contribution in [0.25, 0.3) is 0 Å². The minimum atomic E-state index is -1.43. The predicted molar refractivity (Wildman–Crippen MR) is 179 cm³/mol. The molecule has 6 amide bonds. The molecular weight excluding hydrogens is 610 g/mol. The molecular formula is C31H59N9O7. The summed E-state index contributed by atoms with van der Waals surface area (Å²) in [6.45, 7) is 14.0. The maximum absolute atomic E-state index is 13.6. The third-order valence-corrected chi connectivity index (χ3v) is 7.85. The van der Waals surface area contributed by atoms with Crippen LogP contribution in [0, 0.1) is 11.8 Å². The van der Waals surface area contributed by atoms with Crippen LogP contribution in [0.15, 0.2) is 4.99 Å². The molecule has 0 aliphatic rings. The molecule has 8 atom stereocenters. The van der Waals surface area contributed by atoms with Crippen molar-refractivity contribution in [1.82, 2.24) is 31.9 Å². The van der Waals surface area contributed by atoms with E-state index in [1.54, 1.807) is 20.8 Å². The highest BCUT2D eigenvalue weighted by Gasteiger charge is 2.35. The normalized spacial score (nSPS) is 16.0. The third-order valence-electron chi connectivity index (χ3n) is 7.85. The highest BCUT2D eigenvalue weighted by Crippen LogP contribution is 2.12. The van der Waals surface area contributed by atoms with Crippen molar-refractivity contribution in [2.45, 2.75) is 130 Å². The van der Waals surface area contributed by atoms with Crippen molar-refractivity contribution in [2.75, 3.05) is 13.1 Å². The molecule has 0 aliphatic heterocycles. The molecule has 0 fully saturated rings. The summed E-state index contributed by atoms with van der Waals surface area (Å²) in [5, 5.41) is 26.3. The van der Waals surface area contributed by atoms with Gasteiger partial charge >= 0.3 is 0 Å². The number of carbonyl (C=O) groups excluding carboxylic acids is 6. The fraction of sp³-hybridized carbons (Fsp3) is 0.774. The Kier molecular flexibility index (Phi) is 20.7. The first kappa shape index (κ1) is 43.0. The number of nitrogens with two attached hydrogens (primary N) is 2. The molecule has 0 aromatic heterocycles. The molecule has 47 heavy (non-hydrogen) atoms. The second-order valence-electron chi connectivity index (χ2n) is 11.9. The van der Waals surface area contributed by atoms with Gasteiger partial charge in [0.25, 0.3) is 0 Å². The van der Waals surface area contributed by atoms with Crippen molar-refractivity contribution in [2.24, 2.45) is 28.3 Å². The highest BCUT2D eigenvalue weighted by molar-refractivity contribution is 5.96. The molecule has 0 aromatic carbocycles. The standard InChI is InChI=1S/C31H59N9O7/c1-9-14-21(37-30(47)25(19(7)41)40-29(46)23(17(5)10-2)36-20(8)42)27(44)39-24(18(6)11-3)28(45)38-22(26(43)34-12-4)15-13-16-35-31(32)33/h17-19,21-25,41H,9-16H2,1-8H3,(H,34,43)(H,36,42)(H,37,47)(H,38,45)(H,39,44)(H,40,46)(H4,32,33,35)/t17-,18-,19+,21-,22-,23+,24-,25-/m0/s1. The average molecular weight is 670 g/mol. The van der Waals surface area contributed by atoms with Crippen LogP contribution in [0.5, 0.6) is 0 Å². The smallest absolute Gasteiger partial charge is 0.245 e. The van der Waals surface area contributed by atoms with Crippen LogP contribution < -0.4 is 43.4 Å². The number of guanidine groups is 1. The number of aliphatic hydroxyl groups is 1. The fourth-order valence-electron chi connectivity index (χ4n) is 4.68. The summed E-state index contributed by atoms with van der Waals surface area (Å²) in [6.07, 6.45) is 1.08. The first-order valence-electron chi connectivity index (χ1n) is 16.5. The predicted octanol–water partition coefficient (Wildman–Crippen LogP) is -1.11. The minimum absolute atomic E-state index is 0.0840. The first-order valence-corrected chi connectivity index (χ1v) is 16.5. The largest absolute Gasteiger partial charge is 0.391 e. The molecule has 0 unspecified atom stereocenters. The summed E-state index contributed by atoms with van der Waals surface area (Å²) in [5.41, 5.74) is 10.7. The molecule has 16 heteroatoms. The molecule has 0 bridgehead atoms. The molecule has 0 rings (SSSR count). The van der Waals surface area contributed by atoms with Gasteiger partial charge in [0, 0.05) is 20.0 Å². The number of aliphatic imine (C=N–C) groups is 1. The Morgan fingerprint density at radius 1 is 0.660 bits per heavy atom. The Balaban J connectivity index is 5.96. The Bertz CT molecular complexity index is 1070. The zero-order valence-corrected chi connectivity index (χ0v) is 29.3. The number of amides is 6. The topological polar surface area (TPSA) is 259 Å². The van der Waals surface area contributed by atoms with E-state index in [1.807, 2.05) is 20.8 Å². The van der Waals surface area contributed by atoms with Crippen LogP contribution >= 0.6 is 0 Å². The van der Waals surface area contributed by atoms with E-state index >= 15 is 0 Å². The molecule has 0 saturated heterocycles. The molecule has 0 saturated carbocycles. The minimum Gasteiger partial charge on any atom is -0.391 e. The maximum atomic E-state index is 13.6. The fourth-order valence-corrected chi connectivity index (χ4v) is 4.68. The zero-order chi connectivity index (χ0) is 36.3. The van der Waals surface area contributed by atoms with E-state index in [-0.39, 0.29) is 37.2 Å². The van der Waals surface area contributed by atoms with Gasteiger partial charge in [-0.15, -0.1) is 0 Å². The van der Waals surface area contributed by atoms with E-state index in [4.69, 9.17) is 11.5 Å². The second kappa shape index (κ2) is 22.6. The summed E-state index contributed by atoms with van der Waals surface area (Å²) in [7, 11) is 0. The van der Waals surface area contributed by atoms with Gasteiger partial charge in [0.05, 0.1) is 6.10 Å².